The zero-order chi connectivity index (χ0) is 11.5. The van der Waals surface area contributed by atoms with Crippen molar-refractivity contribution in [3.05, 3.63) is 21.9 Å². The van der Waals surface area contributed by atoms with Crippen LogP contribution in [-0.4, -0.2) is 24.0 Å². The Balaban J connectivity index is 2.22. The quantitative estimate of drug-likeness (QED) is 0.877. The van der Waals surface area contributed by atoms with Crippen molar-refractivity contribution in [2.45, 2.75) is 45.2 Å². The average Bonchev–Trinajstić information content (AvgIpc) is 2.65. The first kappa shape index (κ1) is 12.1. The minimum absolute atomic E-state index is 0.317. The molecule has 1 aromatic heterocycles. The lowest BCUT2D eigenvalue weighted by molar-refractivity contribution is 0.131. The van der Waals surface area contributed by atoms with E-state index >= 15 is 0 Å². The smallest absolute Gasteiger partial charge is 0.0596 e. The van der Waals surface area contributed by atoms with Crippen LogP contribution in [0.5, 0.6) is 0 Å². The van der Waals surface area contributed by atoms with Crippen molar-refractivity contribution in [1.29, 1.82) is 0 Å². The molecule has 0 aliphatic carbocycles. The Morgan fingerprint density at radius 3 is 3.00 bits per heavy atom. The highest BCUT2D eigenvalue weighted by atomic mass is 32.1. The molecule has 0 spiro atoms. The molecule has 2 atom stereocenters. The highest BCUT2D eigenvalue weighted by Crippen LogP contribution is 2.35. The van der Waals surface area contributed by atoms with Gasteiger partial charge in [-0.2, -0.15) is 0 Å². The van der Waals surface area contributed by atoms with E-state index in [4.69, 9.17) is 5.73 Å². The van der Waals surface area contributed by atoms with Gasteiger partial charge in [-0.15, -0.1) is 11.3 Å². The number of thiophene rings is 1. The number of nitrogens with zero attached hydrogens (tertiary/aromatic N) is 1. The number of hydrogen-bond acceptors (Lipinski definition) is 3. The van der Waals surface area contributed by atoms with E-state index in [-0.39, 0.29) is 0 Å². The molecule has 2 unspecified atom stereocenters. The largest absolute Gasteiger partial charge is 0.326 e. The van der Waals surface area contributed by atoms with Crippen molar-refractivity contribution in [3.63, 3.8) is 0 Å². The maximum absolute atomic E-state index is 6.32. The van der Waals surface area contributed by atoms with E-state index in [1.54, 1.807) is 0 Å². The molecule has 0 bridgehead atoms. The van der Waals surface area contributed by atoms with Crippen molar-refractivity contribution in [3.8, 4) is 0 Å². The van der Waals surface area contributed by atoms with Crippen LogP contribution in [0.3, 0.4) is 0 Å². The lowest BCUT2D eigenvalue weighted by Gasteiger charge is -2.39. The molecule has 2 nitrogen and oxygen atoms in total. The molecule has 1 saturated heterocycles. The van der Waals surface area contributed by atoms with E-state index in [0.717, 1.165) is 0 Å². The predicted octanol–water partition coefficient (Wildman–Crippen LogP) is 2.93. The summed E-state index contributed by atoms with van der Waals surface area (Å²) in [5.74, 6) is 0. The molecular weight excluding hydrogens is 216 g/mol. The third-order valence-corrected chi connectivity index (χ3v) is 4.55. The first-order valence-corrected chi connectivity index (χ1v) is 7.15. The summed E-state index contributed by atoms with van der Waals surface area (Å²) in [7, 11) is 0. The lowest BCUT2D eigenvalue weighted by Crippen LogP contribution is -2.46. The zero-order valence-corrected chi connectivity index (χ0v) is 11.1. The first-order chi connectivity index (χ1) is 7.74. The van der Waals surface area contributed by atoms with E-state index in [1.165, 1.54) is 42.8 Å². The number of aryl methyl sites for hydroxylation is 1. The van der Waals surface area contributed by atoms with Gasteiger partial charge in [0, 0.05) is 10.9 Å². The lowest BCUT2D eigenvalue weighted by atomic mass is 9.94. The standard InChI is InChI=1S/C13H22N2S/c1-3-7-15-8-4-5-11(14)12(15)13-10(2)6-9-16-13/h6,9,11-12H,3-5,7-8,14H2,1-2H3. The molecule has 1 aliphatic heterocycles. The van der Waals surface area contributed by atoms with Crippen LogP contribution in [0.25, 0.3) is 0 Å². The minimum atomic E-state index is 0.317. The molecule has 0 amide bonds. The third-order valence-electron chi connectivity index (χ3n) is 3.46. The topological polar surface area (TPSA) is 29.3 Å². The van der Waals surface area contributed by atoms with Gasteiger partial charge in [0.25, 0.3) is 0 Å². The van der Waals surface area contributed by atoms with Gasteiger partial charge in [0.15, 0.2) is 0 Å². The van der Waals surface area contributed by atoms with Crippen LogP contribution in [0.2, 0.25) is 0 Å². The van der Waals surface area contributed by atoms with Crippen LogP contribution < -0.4 is 5.73 Å². The predicted molar refractivity (Wildman–Crippen MR) is 70.9 cm³/mol. The van der Waals surface area contributed by atoms with Crippen LogP contribution in [0, 0.1) is 6.92 Å². The molecule has 2 N–H and O–H groups in total. The number of rotatable bonds is 3. The normalized spacial score (nSPS) is 27.2. The van der Waals surface area contributed by atoms with Crippen LogP contribution in [0.1, 0.15) is 42.7 Å². The highest BCUT2D eigenvalue weighted by molar-refractivity contribution is 7.10. The van der Waals surface area contributed by atoms with E-state index in [0.29, 0.717) is 12.1 Å². The molecule has 1 aliphatic rings. The van der Waals surface area contributed by atoms with Crippen molar-refractivity contribution in [1.82, 2.24) is 4.90 Å². The monoisotopic (exact) mass is 238 g/mol. The van der Waals surface area contributed by atoms with Gasteiger partial charge >= 0.3 is 0 Å². The average molecular weight is 238 g/mol. The molecule has 1 fully saturated rings. The molecule has 1 aromatic rings. The summed E-state index contributed by atoms with van der Waals surface area (Å²) in [6.45, 7) is 6.84. The van der Waals surface area contributed by atoms with Gasteiger partial charge in [0.05, 0.1) is 6.04 Å². The van der Waals surface area contributed by atoms with Gasteiger partial charge < -0.3 is 5.73 Å². The second-order valence-electron chi connectivity index (χ2n) is 4.75. The summed E-state index contributed by atoms with van der Waals surface area (Å²) in [6.07, 6.45) is 3.64. The van der Waals surface area contributed by atoms with E-state index in [1.807, 2.05) is 11.3 Å². The molecule has 2 heterocycles. The summed E-state index contributed by atoms with van der Waals surface area (Å²) in [6, 6.07) is 3.00. The summed E-state index contributed by atoms with van der Waals surface area (Å²) in [5.41, 5.74) is 7.74. The van der Waals surface area contributed by atoms with Gasteiger partial charge in [-0.05, 0) is 56.3 Å². The van der Waals surface area contributed by atoms with E-state index in [9.17, 15) is 0 Å². The van der Waals surface area contributed by atoms with Crippen molar-refractivity contribution in [2.24, 2.45) is 5.73 Å². The number of likely N-dealkylation sites (tertiary alicyclic amines) is 1. The van der Waals surface area contributed by atoms with Gasteiger partial charge in [-0.3, -0.25) is 4.90 Å². The van der Waals surface area contributed by atoms with Gasteiger partial charge in [-0.1, -0.05) is 6.92 Å². The molecule has 0 saturated carbocycles. The van der Waals surface area contributed by atoms with Crippen molar-refractivity contribution in [2.75, 3.05) is 13.1 Å². The Labute approximate surface area is 102 Å². The second-order valence-corrected chi connectivity index (χ2v) is 5.70. The molecule has 2 rings (SSSR count). The van der Waals surface area contributed by atoms with Crippen LogP contribution >= 0.6 is 11.3 Å². The Kier molecular flexibility index (Phi) is 4.00. The Hall–Kier alpha value is -0.380. The Bertz CT molecular complexity index is 332. The van der Waals surface area contributed by atoms with E-state index < -0.39 is 0 Å². The fourth-order valence-electron chi connectivity index (χ4n) is 2.68. The summed E-state index contributed by atoms with van der Waals surface area (Å²) < 4.78 is 0. The molecule has 90 valence electrons. The summed E-state index contributed by atoms with van der Waals surface area (Å²) >= 11 is 1.87. The van der Waals surface area contributed by atoms with Crippen LogP contribution in [0.15, 0.2) is 11.4 Å². The maximum atomic E-state index is 6.32. The molecule has 0 radical (unpaired) electrons. The second kappa shape index (κ2) is 5.30. The number of piperidine rings is 1. The number of hydrogen-bond donors (Lipinski definition) is 1. The zero-order valence-electron chi connectivity index (χ0n) is 10.3. The Morgan fingerprint density at radius 1 is 1.56 bits per heavy atom. The van der Waals surface area contributed by atoms with Crippen molar-refractivity contribution >= 4 is 11.3 Å². The first-order valence-electron chi connectivity index (χ1n) is 6.27. The van der Waals surface area contributed by atoms with Crippen LogP contribution in [0.4, 0.5) is 0 Å². The summed E-state index contributed by atoms with van der Waals surface area (Å²) in [5, 5.41) is 2.19. The molecular formula is C13H22N2S. The highest BCUT2D eigenvalue weighted by Gasteiger charge is 2.31. The molecule has 0 aromatic carbocycles. The minimum Gasteiger partial charge on any atom is -0.326 e. The number of nitrogens with two attached hydrogens (primary N) is 1. The van der Waals surface area contributed by atoms with Crippen LogP contribution in [-0.2, 0) is 0 Å². The van der Waals surface area contributed by atoms with E-state index in [2.05, 4.69) is 30.2 Å². The maximum Gasteiger partial charge on any atom is 0.0596 e. The molecule has 16 heavy (non-hydrogen) atoms. The fraction of sp³-hybridized carbons (Fsp3) is 0.692. The fourth-order valence-corrected chi connectivity index (χ4v) is 3.82. The van der Waals surface area contributed by atoms with Crippen molar-refractivity contribution < 1.29 is 0 Å². The summed E-state index contributed by atoms with van der Waals surface area (Å²) in [4.78, 5) is 4.06. The van der Waals surface area contributed by atoms with Gasteiger partial charge in [0.1, 0.15) is 0 Å². The van der Waals surface area contributed by atoms with Gasteiger partial charge in [0.2, 0.25) is 0 Å². The van der Waals surface area contributed by atoms with Gasteiger partial charge in [-0.25, -0.2) is 0 Å². The third kappa shape index (κ3) is 2.31. The molecule has 3 heteroatoms. The Morgan fingerprint density at radius 2 is 2.38 bits per heavy atom. The SMILES string of the molecule is CCCN1CCCC(N)C1c1sccc1C.